The fraction of sp³-hybridized carbons (Fsp3) is 0.455. The Bertz CT molecular complexity index is 989. The molecular weight excluding hydrogens is 371 g/mol. The molecule has 2 saturated heterocycles. The summed E-state index contributed by atoms with van der Waals surface area (Å²) in [7, 11) is 2.11. The highest BCUT2D eigenvalue weighted by Gasteiger charge is 2.43. The third-order valence-electron chi connectivity index (χ3n) is 6.25. The van der Waals surface area contributed by atoms with Crippen molar-refractivity contribution in [3.05, 3.63) is 63.8 Å². The van der Waals surface area contributed by atoms with Crippen LogP contribution in [-0.4, -0.2) is 53.6 Å². The minimum absolute atomic E-state index is 0.0670. The lowest BCUT2D eigenvalue weighted by Crippen LogP contribution is -2.36. The molecule has 154 valence electrons. The molecule has 0 saturated carbocycles. The molecule has 3 heterocycles. The molecule has 0 radical (unpaired) electrons. The van der Waals surface area contributed by atoms with Crippen molar-refractivity contribution in [3.63, 3.8) is 0 Å². The maximum Gasteiger partial charge on any atom is 0.321 e. The molecule has 0 bridgehead atoms. The minimum atomic E-state index is -0.438. The number of nitrogens with one attached hydrogen (secondary N) is 1. The van der Waals surface area contributed by atoms with Crippen molar-refractivity contribution in [2.45, 2.75) is 26.3 Å². The summed E-state index contributed by atoms with van der Waals surface area (Å²) >= 11 is 0. The van der Waals surface area contributed by atoms with Crippen LogP contribution >= 0.6 is 0 Å². The number of hydrogen-bond acceptors (Lipinski definition) is 3. The Labute approximate surface area is 169 Å². The van der Waals surface area contributed by atoms with Gasteiger partial charge in [-0.1, -0.05) is 12.1 Å². The number of aryl methyl sites for hydroxylation is 1. The van der Waals surface area contributed by atoms with Crippen LogP contribution in [-0.2, 0) is 6.54 Å². The first-order valence-corrected chi connectivity index (χ1v) is 10.0. The number of amides is 2. The topological polar surface area (TPSA) is 57.6 Å². The molecule has 2 amide bonds. The van der Waals surface area contributed by atoms with Crippen LogP contribution in [0.4, 0.5) is 14.9 Å². The fourth-order valence-electron chi connectivity index (χ4n) is 4.58. The Morgan fingerprint density at radius 2 is 1.97 bits per heavy atom. The van der Waals surface area contributed by atoms with Crippen LogP contribution in [0, 0.1) is 18.2 Å². The molecule has 1 spiro atoms. The lowest BCUT2D eigenvalue weighted by Gasteiger charge is -2.24. The number of carbonyl (C=O) groups is 1. The molecule has 6 nitrogen and oxygen atoms in total. The standard InChI is InChI=1S/C22H27FN4O2/c1-16-5-4-10-26(20(16)28)13-17-18(23)6-3-7-19(17)24-21(29)27-12-9-22(15-27)8-11-25(2)14-22/h3-7,10H,8-9,11-15H2,1-2H3,(H,24,29). The summed E-state index contributed by atoms with van der Waals surface area (Å²) in [4.78, 5) is 29.4. The van der Waals surface area contributed by atoms with Gasteiger partial charge in [0.25, 0.3) is 5.56 Å². The number of hydrogen-bond donors (Lipinski definition) is 1. The average molecular weight is 398 g/mol. The van der Waals surface area contributed by atoms with Gasteiger partial charge in [-0.25, -0.2) is 9.18 Å². The average Bonchev–Trinajstić information content (AvgIpc) is 3.27. The number of halogens is 1. The van der Waals surface area contributed by atoms with Gasteiger partial charge < -0.3 is 19.7 Å². The zero-order valence-corrected chi connectivity index (χ0v) is 16.9. The monoisotopic (exact) mass is 398 g/mol. The molecule has 4 rings (SSSR count). The van der Waals surface area contributed by atoms with E-state index < -0.39 is 5.82 Å². The Morgan fingerprint density at radius 3 is 2.72 bits per heavy atom. The van der Waals surface area contributed by atoms with E-state index in [1.54, 1.807) is 37.4 Å². The van der Waals surface area contributed by atoms with Gasteiger partial charge in [-0.15, -0.1) is 0 Å². The number of rotatable bonds is 3. The Kier molecular flexibility index (Phi) is 5.17. The third kappa shape index (κ3) is 3.92. The highest BCUT2D eigenvalue weighted by molar-refractivity contribution is 5.90. The second kappa shape index (κ2) is 7.63. The van der Waals surface area contributed by atoms with E-state index in [0.717, 1.165) is 32.5 Å². The number of nitrogens with zero attached hydrogens (tertiary/aromatic N) is 3. The zero-order valence-electron chi connectivity index (χ0n) is 16.9. The largest absolute Gasteiger partial charge is 0.324 e. The summed E-state index contributed by atoms with van der Waals surface area (Å²) in [5, 5.41) is 2.88. The summed E-state index contributed by atoms with van der Waals surface area (Å²) in [6, 6.07) is 7.90. The summed E-state index contributed by atoms with van der Waals surface area (Å²) in [5.41, 5.74) is 1.33. The van der Waals surface area contributed by atoms with Gasteiger partial charge in [0.15, 0.2) is 0 Å². The number of benzene rings is 1. The van der Waals surface area contributed by atoms with Crippen molar-refractivity contribution in [3.8, 4) is 0 Å². The van der Waals surface area contributed by atoms with Crippen LogP contribution in [0.2, 0.25) is 0 Å². The van der Waals surface area contributed by atoms with Crippen LogP contribution < -0.4 is 10.9 Å². The number of urea groups is 1. The van der Waals surface area contributed by atoms with Crippen molar-refractivity contribution in [2.75, 3.05) is 38.5 Å². The molecule has 0 aliphatic carbocycles. The summed E-state index contributed by atoms with van der Waals surface area (Å²) < 4.78 is 16.1. The van der Waals surface area contributed by atoms with E-state index in [1.807, 2.05) is 4.90 Å². The van der Waals surface area contributed by atoms with Gasteiger partial charge >= 0.3 is 6.03 Å². The molecule has 1 atom stereocenters. The second-order valence-electron chi connectivity index (χ2n) is 8.48. The molecule has 7 heteroatoms. The fourth-order valence-corrected chi connectivity index (χ4v) is 4.58. The summed E-state index contributed by atoms with van der Waals surface area (Å²) in [6.45, 7) is 5.31. The first-order valence-electron chi connectivity index (χ1n) is 10.0. The Balaban J connectivity index is 1.52. The van der Waals surface area contributed by atoms with Crippen molar-refractivity contribution >= 4 is 11.7 Å². The van der Waals surface area contributed by atoms with E-state index in [-0.39, 0.29) is 23.6 Å². The Hall–Kier alpha value is -2.67. The molecule has 2 fully saturated rings. The van der Waals surface area contributed by atoms with E-state index in [2.05, 4.69) is 17.3 Å². The van der Waals surface area contributed by atoms with E-state index >= 15 is 0 Å². The van der Waals surface area contributed by atoms with E-state index in [1.165, 1.54) is 10.6 Å². The smallest absolute Gasteiger partial charge is 0.321 e. The second-order valence-corrected chi connectivity index (χ2v) is 8.48. The number of anilines is 1. The number of likely N-dealkylation sites (tertiary alicyclic amines) is 2. The lowest BCUT2D eigenvalue weighted by atomic mass is 9.86. The van der Waals surface area contributed by atoms with Gasteiger partial charge in [0.2, 0.25) is 0 Å². The van der Waals surface area contributed by atoms with Gasteiger partial charge in [-0.05, 0) is 51.6 Å². The Morgan fingerprint density at radius 1 is 1.17 bits per heavy atom. The number of aromatic nitrogens is 1. The predicted molar refractivity (Wildman–Crippen MR) is 111 cm³/mol. The predicted octanol–water partition coefficient (Wildman–Crippen LogP) is 2.90. The first kappa shape index (κ1) is 19.6. The third-order valence-corrected chi connectivity index (χ3v) is 6.25. The molecule has 1 unspecified atom stereocenters. The summed E-state index contributed by atoms with van der Waals surface area (Å²) in [5.74, 6) is -0.438. The van der Waals surface area contributed by atoms with Crippen LogP contribution in [0.3, 0.4) is 0 Å². The highest BCUT2D eigenvalue weighted by Crippen LogP contribution is 2.39. The van der Waals surface area contributed by atoms with Crippen LogP contribution in [0.15, 0.2) is 41.3 Å². The quantitative estimate of drug-likeness (QED) is 0.865. The summed E-state index contributed by atoms with van der Waals surface area (Å²) in [6.07, 6.45) is 3.74. The molecule has 2 aromatic rings. The minimum Gasteiger partial charge on any atom is -0.324 e. The molecule has 1 aromatic carbocycles. The van der Waals surface area contributed by atoms with E-state index in [0.29, 0.717) is 23.4 Å². The van der Waals surface area contributed by atoms with Crippen molar-refractivity contribution < 1.29 is 9.18 Å². The van der Waals surface area contributed by atoms with Gasteiger partial charge in [0.1, 0.15) is 5.82 Å². The van der Waals surface area contributed by atoms with Crippen molar-refractivity contribution in [2.24, 2.45) is 5.41 Å². The van der Waals surface area contributed by atoms with E-state index in [4.69, 9.17) is 0 Å². The zero-order chi connectivity index (χ0) is 20.6. The first-order chi connectivity index (χ1) is 13.9. The van der Waals surface area contributed by atoms with Gasteiger partial charge in [0.05, 0.1) is 12.2 Å². The molecule has 1 N–H and O–H groups in total. The molecular formula is C22H27FN4O2. The van der Waals surface area contributed by atoms with Gasteiger partial charge in [-0.3, -0.25) is 4.79 Å². The number of carbonyl (C=O) groups excluding carboxylic acids is 1. The van der Waals surface area contributed by atoms with Gasteiger partial charge in [0, 0.05) is 42.4 Å². The maximum absolute atomic E-state index is 14.6. The van der Waals surface area contributed by atoms with E-state index in [9.17, 15) is 14.0 Å². The van der Waals surface area contributed by atoms with Crippen LogP contribution in [0.5, 0.6) is 0 Å². The number of pyridine rings is 1. The molecule has 1 aromatic heterocycles. The molecule has 2 aliphatic heterocycles. The van der Waals surface area contributed by atoms with Crippen molar-refractivity contribution in [1.82, 2.24) is 14.4 Å². The van der Waals surface area contributed by atoms with Gasteiger partial charge in [-0.2, -0.15) is 0 Å². The van der Waals surface area contributed by atoms with Crippen LogP contribution in [0.1, 0.15) is 24.0 Å². The SMILES string of the molecule is Cc1cccn(Cc2c(F)cccc2NC(=O)N2CCC3(CCN(C)C3)C2)c1=O. The van der Waals surface area contributed by atoms with Crippen molar-refractivity contribution in [1.29, 1.82) is 0 Å². The maximum atomic E-state index is 14.6. The highest BCUT2D eigenvalue weighted by atomic mass is 19.1. The van der Waals surface area contributed by atoms with Crippen LogP contribution in [0.25, 0.3) is 0 Å². The molecule has 2 aliphatic rings. The normalized spacial score (nSPS) is 21.8. The lowest BCUT2D eigenvalue weighted by molar-refractivity contribution is 0.212. The molecule has 29 heavy (non-hydrogen) atoms.